The molecule has 0 aromatic heterocycles. The predicted molar refractivity (Wildman–Crippen MR) is 86.7 cm³/mol. The van der Waals surface area contributed by atoms with Crippen LogP contribution in [0, 0.1) is 11.3 Å². The minimum absolute atomic E-state index is 0.0910. The highest BCUT2D eigenvalue weighted by Gasteiger charge is 2.60. The molecule has 1 heterocycles. The first-order valence-electron chi connectivity index (χ1n) is 7.08. The van der Waals surface area contributed by atoms with E-state index in [1.54, 1.807) is 13.8 Å². The van der Waals surface area contributed by atoms with Gasteiger partial charge in [-0.25, -0.2) is 4.48 Å². The fourth-order valence-electron chi connectivity index (χ4n) is 3.02. The van der Waals surface area contributed by atoms with E-state index in [0.29, 0.717) is 0 Å². The van der Waals surface area contributed by atoms with Gasteiger partial charge in [-0.2, -0.15) is 18.4 Å². The third-order valence-electron chi connectivity index (χ3n) is 4.41. The molecule has 0 saturated carbocycles. The second kappa shape index (κ2) is 5.81. The molecule has 0 aliphatic carbocycles. The van der Waals surface area contributed by atoms with Gasteiger partial charge >= 0.3 is 6.18 Å². The van der Waals surface area contributed by atoms with Crippen molar-refractivity contribution in [1.29, 1.82) is 5.26 Å². The first kappa shape index (κ1) is 18.3. The molecule has 1 aliphatic rings. The summed E-state index contributed by atoms with van der Waals surface area (Å²) in [6, 6.07) is 4.90. The normalized spacial score (nSPS) is 23.0. The van der Waals surface area contributed by atoms with Gasteiger partial charge in [0.05, 0.1) is 17.2 Å². The molecule has 1 aromatic rings. The van der Waals surface area contributed by atoms with Crippen LogP contribution in [0.25, 0.3) is 0 Å². The minimum Gasteiger partial charge on any atom is -0.326 e. The van der Waals surface area contributed by atoms with Crippen molar-refractivity contribution in [2.75, 3.05) is 13.1 Å². The quantitative estimate of drug-likeness (QED) is 0.641. The molecule has 128 valence electrons. The minimum atomic E-state index is -4.70. The van der Waals surface area contributed by atoms with E-state index >= 15 is 0 Å². The smallest absolute Gasteiger partial charge is 0.326 e. The van der Waals surface area contributed by atoms with Gasteiger partial charge < -0.3 is 5.73 Å². The van der Waals surface area contributed by atoms with Crippen LogP contribution in [-0.4, -0.2) is 29.6 Å². The zero-order valence-electron chi connectivity index (χ0n) is 13.1. The third-order valence-corrected chi connectivity index (χ3v) is 4.83. The van der Waals surface area contributed by atoms with Crippen LogP contribution >= 0.6 is 12.2 Å². The summed E-state index contributed by atoms with van der Waals surface area (Å²) in [5.74, 6) is -0.390. The molecule has 1 amide bonds. The van der Waals surface area contributed by atoms with Crippen molar-refractivity contribution in [3.8, 4) is 6.07 Å². The van der Waals surface area contributed by atoms with Gasteiger partial charge in [0.25, 0.3) is 11.0 Å². The largest absolute Gasteiger partial charge is 0.417 e. The number of halogens is 3. The molecule has 0 spiro atoms. The number of nitriles is 1. The Morgan fingerprint density at radius 2 is 2.04 bits per heavy atom. The molecule has 1 atom stereocenters. The zero-order chi connectivity index (χ0) is 18.3. The molecular formula is C15H16F3N4OS+. The average molecular weight is 357 g/mol. The van der Waals surface area contributed by atoms with E-state index in [2.05, 4.69) is 5.32 Å². The van der Waals surface area contributed by atoms with Crippen molar-refractivity contribution in [1.82, 2.24) is 9.80 Å². The van der Waals surface area contributed by atoms with E-state index < -0.39 is 22.8 Å². The third kappa shape index (κ3) is 2.47. The number of hydrogen-bond donors (Lipinski definition) is 2. The summed E-state index contributed by atoms with van der Waals surface area (Å²) in [7, 11) is 0. The Bertz CT molecular complexity index is 754. The maximum Gasteiger partial charge on any atom is 0.417 e. The summed E-state index contributed by atoms with van der Waals surface area (Å²) >= 11 is 5.26. The van der Waals surface area contributed by atoms with Crippen molar-refractivity contribution >= 4 is 28.9 Å². The molecular weight excluding hydrogens is 341 g/mol. The molecule has 1 saturated heterocycles. The first-order chi connectivity index (χ1) is 11.0. The summed E-state index contributed by atoms with van der Waals surface area (Å²) in [6.45, 7) is 3.46. The van der Waals surface area contributed by atoms with Crippen LogP contribution in [0.4, 0.5) is 18.9 Å². The second-order valence-electron chi connectivity index (χ2n) is 5.98. The van der Waals surface area contributed by atoms with Crippen LogP contribution in [0.3, 0.4) is 0 Å². The number of carbonyl (C=O) groups is 1. The van der Waals surface area contributed by atoms with Gasteiger partial charge in [0.2, 0.25) is 0 Å². The van der Waals surface area contributed by atoms with Crippen LogP contribution < -0.4 is 15.5 Å². The standard InChI is InChI=1S/C15H15F3N4OS/c1-14(2)12(23)21-13(24)22(14,6-5-19)10-4-3-9(8-20)11(7-10)15(16,17)18/h3-4,7H,5-6,19H2,1-2H3/p+1. The van der Waals surface area contributed by atoms with Crippen LogP contribution in [0.1, 0.15) is 25.0 Å². The number of carbonyl (C=O) groups excluding carboxylic acids is 1. The molecule has 1 aliphatic heterocycles. The SMILES string of the molecule is CC1(C)C(=O)NC(=S)[N+]1(CCN)c1ccc(C#N)c(C(F)(F)F)c1. The number of rotatable bonds is 3. The second-order valence-corrected chi connectivity index (χ2v) is 6.37. The summed E-state index contributed by atoms with van der Waals surface area (Å²) in [6.07, 6.45) is -4.70. The van der Waals surface area contributed by atoms with Crippen LogP contribution in [0.5, 0.6) is 0 Å². The average Bonchev–Trinajstić information content (AvgIpc) is 2.66. The predicted octanol–water partition coefficient (Wildman–Crippen LogP) is 2.04. The van der Waals surface area contributed by atoms with Crippen molar-refractivity contribution in [3.63, 3.8) is 0 Å². The monoisotopic (exact) mass is 357 g/mol. The molecule has 9 heteroatoms. The summed E-state index contributed by atoms with van der Waals surface area (Å²) in [5.41, 5.74) is 3.14. The van der Waals surface area contributed by atoms with E-state index in [1.807, 2.05) is 0 Å². The molecule has 5 nitrogen and oxygen atoms in total. The Labute approximate surface area is 142 Å². The van der Waals surface area contributed by atoms with E-state index in [4.69, 9.17) is 23.2 Å². The summed E-state index contributed by atoms with van der Waals surface area (Å²) < 4.78 is 39.5. The number of nitrogens with two attached hydrogens (primary N) is 1. The number of quaternary nitrogens is 1. The highest BCUT2D eigenvalue weighted by atomic mass is 32.1. The topological polar surface area (TPSA) is 78.9 Å². The van der Waals surface area contributed by atoms with Crippen LogP contribution in [0.15, 0.2) is 18.2 Å². The Kier molecular flexibility index (Phi) is 4.43. The van der Waals surface area contributed by atoms with Gasteiger partial charge in [-0.15, -0.1) is 0 Å². The molecule has 1 aromatic carbocycles. The first-order valence-corrected chi connectivity index (χ1v) is 7.49. The van der Waals surface area contributed by atoms with Gasteiger partial charge in [-0.3, -0.25) is 10.1 Å². The molecule has 1 fully saturated rings. The fraction of sp³-hybridized carbons (Fsp3) is 0.400. The zero-order valence-corrected chi connectivity index (χ0v) is 13.9. The lowest BCUT2D eigenvalue weighted by Gasteiger charge is -2.41. The Morgan fingerprint density at radius 3 is 2.46 bits per heavy atom. The van der Waals surface area contributed by atoms with Gasteiger partial charge in [0.15, 0.2) is 5.54 Å². The fourth-order valence-corrected chi connectivity index (χ4v) is 3.54. The number of hydrogen-bond acceptors (Lipinski definition) is 4. The molecule has 3 N–H and O–H groups in total. The van der Waals surface area contributed by atoms with Gasteiger partial charge in [0, 0.05) is 44.7 Å². The Morgan fingerprint density at radius 1 is 1.42 bits per heavy atom. The van der Waals surface area contributed by atoms with E-state index in [-0.39, 0.29) is 34.3 Å². The molecule has 0 radical (unpaired) electrons. The lowest BCUT2D eigenvalue weighted by atomic mass is 9.97. The molecule has 0 bridgehead atoms. The van der Waals surface area contributed by atoms with Gasteiger partial charge in [-0.1, -0.05) is 0 Å². The van der Waals surface area contributed by atoms with Crippen molar-refractivity contribution < 1.29 is 18.0 Å². The molecule has 24 heavy (non-hydrogen) atoms. The van der Waals surface area contributed by atoms with Gasteiger partial charge in [0.1, 0.15) is 12.2 Å². The van der Waals surface area contributed by atoms with Crippen molar-refractivity contribution in [2.45, 2.75) is 25.6 Å². The van der Waals surface area contributed by atoms with Crippen LogP contribution in [-0.2, 0) is 11.0 Å². The highest BCUT2D eigenvalue weighted by Crippen LogP contribution is 2.41. The van der Waals surface area contributed by atoms with Crippen molar-refractivity contribution in [3.05, 3.63) is 29.3 Å². The molecule has 1 unspecified atom stereocenters. The molecule has 2 rings (SSSR count). The van der Waals surface area contributed by atoms with E-state index in [0.717, 1.165) is 12.1 Å². The van der Waals surface area contributed by atoms with E-state index in [1.165, 1.54) is 12.1 Å². The number of thiocarbonyl (C=S) groups is 1. The maximum atomic E-state index is 13.3. The highest BCUT2D eigenvalue weighted by molar-refractivity contribution is 7.80. The summed E-state index contributed by atoms with van der Waals surface area (Å²) in [4.78, 5) is 12.2. The van der Waals surface area contributed by atoms with E-state index in [9.17, 15) is 18.0 Å². The summed E-state index contributed by atoms with van der Waals surface area (Å²) in [5, 5.41) is 11.6. The van der Waals surface area contributed by atoms with Crippen molar-refractivity contribution in [2.24, 2.45) is 5.73 Å². The Balaban J connectivity index is 2.78. The Hall–Kier alpha value is -2.02. The maximum absolute atomic E-state index is 13.3. The number of nitrogens with one attached hydrogen (secondary N) is 1. The number of amides is 1. The van der Waals surface area contributed by atoms with Gasteiger partial charge in [-0.05, 0) is 6.07 Å². The van der Waals surface area contributed by atoms with Crippen LogP contribution in [0.2, 0.25) is 0 Å². The lowest BCUT2D eigenvalue weighted by Crippen LogP contribution is -2.65. The number of nitrogens with zero attached hydrogens (tertiary/aromatic N) is 2. The lowest BCUT2D eigenvalue weighted by molar-refractivity contribution is -0.137. The number of alkyl halides is 3. The number of benzene rings is 1.